The van der Waals surface area contributed by atoms with Crippen LogP contribution in [0.4, 0.5) is 0 Å². The van der Waals surface area contributed by atoms with Crippen molar-refractivity contribution in [1.82, 2.24) is 0 Å². The average Bonchev–Trinajstić information content (AvgIpc) is 2.19. The summed E-state index contributed by atoms with van der Waals surface area (Å²) < 4.78 is 5.39. The molecule has 0 aliphatic heterocycles. The maximum Gasteiger partial charge on any atom is 0.0647 e. The van der Waals surface area contributed by atoms with Gasteiger partial charge in [0.15, 0.2) is 0 Å². The Hall–Kier alpha value is -1.08. The normalized spacial score (nSPS) is 10.8. The summed E-state index contributed by atoms with van der Waals surface area (Å²) in [7, 11) is 0. The molecule has 0 unspecified atom stereocenters. The molecule has 0 saturated carbocycles. The van der Waals surface area contributed by atoms with Crippen LogP contribution in [0.1, 0.15) is 12.5 Å². The highest BCUT2D eigenvalue weighted by molar-refractivity contribution is 5.14. The van der Waals surface area contributed by atoms with Gasteiger partial charge < -0.3 is 4.74 Å². The van der Waals surface area contributed by atoms with Crippen LogP contribution in [0, 0.1) is 0 Å². The van der Waals surface area contributed by atoms with Crippen LogP contribution in [0.3, 0.4) is 0 Å². The summed E-state index contributed by atoms with van der Waals surface area (Å²) in [6, 6.07) is 10.4. The van der Waals surface area contributed by atoms with E-state index in [2.05, 4.69) is 24.3 Å². The van der Waals surface area contributed by atoms with Gasteiger partial charge in [-0.1, -0.05) is 42.5 Å². The Kier molecular flexibility index (Phi) is 4.95. The number of allylic oxidation sites excluding steroid dienone is 1. The molecule has 0 aromatic heterocycles. The first-order valence-corrected chi connectivity index (χ1v) is 4.66. The van der Waals surface area contributed by atoms with Crippen molar-refractivity contribution in [3.63, 3.8) is 0 Å². The van der Waals surface area contributed by atoms with Crippen molar-refractivity contribution in [2.75, 3.05) is 13.2 Å². The molecule has 0 fully saturated rings. The first kappa shape index (κ1) is 10.0. The van der Waals surface area contributed by atoms with E-state index in [0.29, 0.717) is 0 Å². The zero-order valence-electron chi connectivity index (χ0n) is 8.07. The predicted molar refractivity (Wildman–Crippen MR) is 55.8 cm³/mol. The largest absolute Gasteiger partial charge is 0.377 e. The molecule has 1 nitrogen and oxygen atoms in total. The first-order chi connectivity index (χ1) is 6.43. The van der Waals surface area contributed by atoms with Crippen molar-refractivity contribution >= 4 is 0 Å². The lowest BCUT2D eigenvalue weighted by atomic mass is 10.2. The monoisotopic (exact) mass is 176 g/mol. The minimum atomic E-state index is 0.726. The minimum absolute atomic E-state index is 0.726. The second-order valence-corrected chi connectivity index (χ2v) is 2.88. The van der Waals surface area contributed by atoms with E-state index in [1.807, 2.05) is 25.1 Å². The van der Waals surface area contributed by atoms with Gasteiger partial charge in [-0.25, -0.2) is 0 Å². The van der Waals surface area contributed by atoms with Crippen LogP contribution >= 0.6 is 0 Å². The minimum Gasteiger partial charge on any atom is -0.377 e. The van der Waals surface area contributed by atoms with Gasteiger partial charge in [0.1, 0.15) is 0 Å². The molecule has 1 heteroatoms. The number of hydrogen-bond donors (Lipinski definition) is 0. The molecule has 0 amide bonds. The van der Waals surface area contributed by atoms with Gasteiger partial charge in [-0.15, -0.1) is 0 Å². The third-order valence-corrected chi connectivity index (χ3v) is 1.83. The van der Waals surface area contributed by atoms with E-state index in [9.17, 15) is 0 Å². The summed E-state index contributed by atoms with van der Waals surface area (Å²) in [5, 5.41) is 0. The van der Waals surface area contributed by atoms with E-state index in [-0.39, 0.29) is 0 Å². The molecule has 0 saturated heterocycles. The van der Waals surface area contributed by atoms with Crippen LogP contribution in [0.5, 0.6) is 0 Å². The lowest BCUT2D eigenvalue weighted by Gasteiger charge is -2.00. The molecule has 70 valence electrons. The molecule has 0 radical (unpaired) electrons. The fraction of sp³-hybridized carbons (Fsp3) is 0.333. The molecule has 1 aromatic rings. The van der Waals surface area contributed by atoms with Gasteiger partial charge in [-0.05, 0) is 18.9 Å². The molecular weight excluding hydrogens is 160 g/mol. The second kappa shape index (κ2) is 6.44. The molecule has 0 N–H and O–H groups in total. The predicted octanol–water partition coefficient (Wildman–Crippen LogP) is 2.82. The molecule has 0 bridgehead atoms. The summed E-state index contributed by atoms with van der Waals surface area (Å²) >= 11 is 0. The van der Waals surface area contributed by atoms with E-state index in [4.69, 9.17) is 4.74 Å². The van der Waals surface area contributed by atoms with Crippen LogP contribution in [-0.4, -0.2) is 13.2 Å². The summed E-state index contributed by atoms with van der Waals surface area (Å²) in [5.74, 6) is 0. The maximum atomic E-state index is 5.39. The SMILES string of the molecule is CC=CCOCCc1ccccc1. The Balaban J connectivity index is 2.13. The van der Waals surface area contributed by atoms with Crippen LogP contribution in [0.15, 0.2) is 42.5 Å². The van der Waals surface area contributed by atoms with Crippen molar-refractivity contribution in [2.45, 2.75) is 13.3 Å². The molecule has 0 aliphatic rings. The molecular formula is C12H16O. The molecule has 0 heterocycles. The van der Waals surface area contributed by atoms with Gasteiger partial charge in [0.25, 0.3) is 0 Å². The summed E-state index contributed by atoms with van der Waals surface area (Å²) in [4.78, 5) is 0. The van der Waals surface area contributed by atoms with Crippen LogP contribution in [0.2, 0.25) is 0 Å². The van der Waals surface area contributed by atoms with Crippen molar-refractivity contribution in [3.8, 4) is 0 Å². The topological polar surface area (TPSA) is 9.23 Å². The summed E-state index contributed by atoms with van der Waals surface area (Å²) in [5.41, 5.74) is 1.34. The first-order valence-electron chi connectivity index (χ1n) is 4.66. The lowest BCUT2D eigenvalue weighted by Crippen LogP contribution is -1.97. The van der Waals surface area contributed by atoms with Crippen molar-refractivity contribution < 1.29 is 4.74 Å². The maximum absolute atomic E-state index is 5.39. The van der Waals surface area contributed by atoms with Crippen molar-refractivity contribution in [3.05, 3.63) is 48.0 Å². The van der Waals surface area contributed by atoms with Crippen LogP contribution in [0.25, 0.3) is 0 Å². The lowest BCUT2D eigenvalue weighted by molar-refractivity contribution is 0.165. The molecule has 0 atom stereocenters. The van der Waals surface area contributed by atoms with E-state index >= 15 is 0 Å². The number of benzene rings is 1. The van der Waals surface area contributed by atoms with E-state index in [1.54, 1.807) is 0 Å². The summed E-state index contributed by atoms with van der Waals surface area (Å²) in [6.07, 6.45) is 5.02. The molecule has 1 rings (SSSR count). The van der Waals surface area contributed by atoms with E-state index in [0.717, 1.165) is 19.6 Å². The Morgan fingerprint density at radius 3 is 2.69 bits per heavy atom. The highest BCUT2D eigenvalue weighted by Crippen LogP contribution is 1.99. The fourth-order valence-electron chi connectivity index (χ4n) is 1.08. The number of hydrogen-bond acceptors (Lipinski definition) is 1. The van der Waals surface area contributed by atoms with Crippen molar-refractivity contribution in [2.24, 2.45) is 0 Å². The van der Waals surface area contributed by atoms with Crippen molar-refractivity contribution in [1.29, 1.82) is 0 Å². The number of ether oxygens (including phenoxy) is 1. The van der Waals surface area contributed by atoms with Gasteiger partial charge >= 0.3 is 0 Å². The highest BCUT2D eigenvalue weighted by Gasteiger charge is 1.89. The van der Waals surface area contributed by atoms with Gasteiger partial charge in [0, 0.05) is 0 Å². The fourth-order valence-corrected chi connectivity index (χ4v) is 1.08. The quantitative estimate of drug-likeness (QED) is 0.495. The third kappa shape index (κ3) is 4.48. The zero-order chi connectivity index (χ0) is 9.36. The van der Waals surface area contributed by atoms with E-state index in [1.165, 1.54) is 5.56 Å². The highest BCUT2D eigenvalue weighted by atomic mass is 16.5. The van der Waals surface area contributed by atoms with Gasteiger partial charge in [-0.2, -0.15) is 0 Å². The Labute approximate surface area is 80.0 Å². The Morgan fingerprint density at radius 1 is 1.23 bits per heavy atom. The van der Waals surface area contributed by atoms with Gasteiger partial charge in [0.05, 0.1) is 13.2 Å². The smallest absolute Gasteiger partial charge is 0.0647 e. The Bertz CT molecular complexity index is 239. The standard InChI is InChI=1S/C12H16O/c1-2-3-10-13-11-9-12-7-5-4-6-8-12/h2-8H,9-11H2,1H3. The molecule has 0 aliphatic carbocycles. The third-order valence-electron chi connectivity index (χ3n) is 1.83. The number of rotatable bonds is 5. The van der Waals surface area contributed by atoms with Crippen LogP contribution < -0.4 is 0 Å². The second-order valence-electron chi connectivity index (χ2n) is 2.88. The van der Waals surface area contributed by atoms with Gasteiger partial charge in [0.2, 0.25) is 0 Å². The molecule has 13 heavy (non-hydrogen) atoms. The molecule has 1 aromatic carbocycles. The van der Waals surface area contributed by atoms with Gasteiger partial charge in [-0.3, -0.25) is 0 Å². The summed E-state index contributed by atoms with van der Waals surface area (Å²) in [6.45, 7) is 3.53. The zero-order valence-corrected chi connectivity index (χ0v) is 8.07. The average molecular weight is 176 g/mol. The molecule has 0 spiro atoms. The van der Waals surface area contributed by atoms with Crippen LogP contribution in [-0.2, 0) is 11.2 Å². The Morgan fingerprint density at radius 2 is 2.00 bits per heavy atom. The van der Waals surface area contributed by atoms with E-state index < -0.39 is 0 Å².